The standard InChI is InChI=1S/C13H17ClN2O3/c1-8-10(6-5-7-11(8)16(18)19)12(17)15-13(3,4)9(2)14/h5-7,9H,1-4H3,(H,15,17). The van der Waals surface area contributed by atoms with Gasteiger partial charge < -0.3 is 5.32 Å². The fourth-order valence-electron chi connectivity index (χ4n) is 1.53. The summed E-state index contributed by atoms with van der Waals surface area (Å²) < 4.78 is 0. The number of nitrogens with one attached hydrogen (secondary N) is 1. The molecule has 0 fully saturated rings. The van der Waals surface area contributed by atoms with Crippen molar-refractivity contribution in [3.8, 4) is 0 Å². The number of amides is 1. The van der Waals surface area contributed by atoms with Crippen LogP contribution in [0.3, 0.4) is 0 Å². The van der Waals surface area contributed by atoms with E-state index >= 15 is 0 Å². The van der Waals surface area contributed by atoms with Gasteiger partial charge in [0.2, 0.25) is 0 Å². The van der Waals surface area contributed by atoms with E-state index in [4.69, 9.17) is 11.6 Å². The normalized spacial score (nSPS) is 12.9. The summed E-state index contributed by atoms with van der Waals surface area (Å²) in [6, 6.07) is 4.44. The van der Waals surface area contributed by atoms with Crippen LogP contribution < -0.4 is 5.32 Å². The topological polar surface area (TPSA) is 72.2 Å². The largest absolute Gasteiger partial charge is 0.346 e. The Hall–Kier alpha value is -1.62. The lowest BCUT2D eigenvalue weighted by Crippen LogP contribution is -2.49. The second kappa shape index (κ2) is 5.57. The van der Waals surface area contributed by atoms with E-state index in [9.17, 15) is 14.9 Å². The van der Waals surface area contributed by atoms with Gasteiger partial charge in [-0.25, -0.2) is 0 Å². The monoisotopic (exact) mass is 284 g/mol. The molecule has 6 heteroatoms. The van der Waals surface area contributed by atoms with Crippen LogP contribution in [0.15, 0.2) is 18.2 Å². The highest BCUT2D eigenvalue weighted by Crippen LogP contribution is 2.22. The average Bonchev–Trinajstić information content (AvgIpc) is 2.27. The quantitative estimate of drug-likeness (QED) is 0.525. The minimum absolute atomic E-state index is 0.0654. The van der Waals surface area contributed by atoms with Gasteiger partial charge in [-0.1, -0.05) is 6.07 Å². The second-order valence-corrected chi connectivity index (χ2v) is 5.65. The first-order valence-electron chi connectivity index (χ1n) is 5.87. The number of rotatable bonds is 4. The SMILES string of the molecule is Cc1c(C(=O)NC(C)(C)C(C)Cl)cccc1[N+](=O)[O-]. The molecule has 0 aliphatic heterocycles. The fourth-order valence-corrected chi connectivity index (χ4v) is 1.58. The molecule has 0 spiro atoms. The van der Waals surface area contributed by atoms with Crippen molar-refractivity contribution in [3.63, 3.8) is 0 Å². The van der Waals surface area contributed by atoms with Crippen LogP contribution in [-0.2, 0) is 0 Å². The summed E-state index contributed by atoms with van der Waals surface area (Å²) >= 11 is 6.00. The van der Waals surface area contributed by atoms with Crippen LogP contribution in [0.4, 0.5) is 5.69 Å². The summed E-state index contributed by atoms with van der Waals surface area (Å²) in [5, 5.41) is 13.4. The Morgan fingerprint density at radius 2 is 2.05 bits per heavy atom. The predicted octanol–water partition coefficient (Wildman–Crippen LogP) is 3.04. The molecule has 1 N–H and O–H groups in total. The molecule has 0 aliphatic rings. The van der Waals surface area contributed by atoms with Crippen LogP contribution in [0.25, 0.3) is 0 Å². The zero-order valence-electron chi connectivity index (χ0n) is 11.4. The lowest BCUT2D eigenvalue weighted by atomic mass is 9.99. The van der Waals surface area contributed by atoms with Crippen molar-refractivity contribution < 1.29 is 9.72 Å². The number of carbonyl (C=O) groups excluding carboxylic acids is 1. The van der Waals surface area contributed by atoms with Crippen molar-refractivity contribution in [1.29, 1.82) is 0 Å². The molecule has 1 aromatic carbocycles. The van der Waals surface area contributed by atoms with Gasteiger partial charge in [0, 0.05) is 17.2 Å². The van der Waals surface area contributed by atoms with E-state index in [1.165, 1.54) is 12.1 Å². The Labute approximate surface area is 117 Å². The average molecular weight is 285 g/mol. The van der Waals surface area contributed by atoms with E-state index in [2.05, 4.69) is 5.32 Å². The van der Waals surface area contributed by atoms with E-state index < -0.39 is 10.5 Å². The molecule has 1 unspecified atom stereocenters. The van der Waals surface area contributed by atoms with Crippen LogP contribution in [-0.4, -0.2) is 21.7 Å². The van der Waals surface area contributed by atoms with Gasteiger partial charge in [0.05, 0.1) is 15.8 Å². The van der Waals surface area contributed by atoms with Crippen molar-refractivity contribution in [3.05, 3.63) is 39.4 Å². The molecule has 0 aromatic heterocycles. The minimum atomic E-state index is -0.601. The smallest absolute Gasteiger partial charge is 0.273 e. The first kappa shape index (κ1) is 15.4. The van der Waals surface area contributed by atoms with Gasteiger partial charge >= 0.3 is 0 Å². The van der Waals surface area contributed by atoms with Crippen LogP contribution in [0.5, 0.6) is 0 Å². The Balaban J connectivity index is 3.08. The molecule has 0 aliphatic carbocycles. The minimum Gasteiger partial charge on any atom is -0.346 e. The Kier molecular flexibility index (Phi) is 4.52. The molecule has 5 nitrogen and oxygen atoms in total. The van der Waals surface area contributed by atoms with Crippen LogP contribution in [0.1, 0.15) is 36.7 Å². The number of halogens is 1. The van der Waals surface area contributed by atoms with Crippen molar-refractivity contribution in [2.75, 3.05) is 0 Å². The Morgan fingerprint density at radius 1 is 1.47 bits per heavy atom. The summed E-state index contributed by atoms with van der Waals surface area (Å²) in [6.45, 7) is 6.94. The molecule has 0 saturated carbocycles. The Bertz CT molecular complexity index is 513. The molecule has 0 saturated heterocycles. The van der Waals surface area contributed by atoms with Gasteiger partial charge in [-0.3, -0.25) is 14.9 Å². The van der Waals surface area contributed by atoms with Gasteiger partial charge in [-0.2, -0.15) is 0 Å². The predicted molar refractivity (Wildman–Crippen MR) is 74.7 cm³/mol. The summed E-state index contributed by atoms with van der Waals surface area (Å²) in [5.41, 5.74) is -0.0256. The molecule has 1 amide bonds. The molecule has 104 valence electrons. The second-order valence-electron chi connectivity index (χ2n) is 5.00. The molecular formula is C13H17ClN2O3. The van der Waals surface area contributed by atoms with Crippen LogP contribution in [0.2, 0.25) is 0 Å². The molecule has 0 heterocycles. The number of alkyl halides is 1. The third-order valence-electron chi connectivity index (χ3n) is 3.18. The maximum absolute atomic E-state index is 12.2. The number of benzene rings is 1. The number of nitrogens with zero attached hydrogens (tertiary/aromatic N) is 1. The first-order chi connectivity index (χ1) is 8.66. The summed E-state index contributed by atoms with van der Waals surface area (Å²) in [5.74, 6) is -0.362. The third kappa shape index (κ3) is 3.44. The van der Waals surface area contributed by atoms with Crippen LogP contribution in [0, 0.1) is 17.0 Å². The van der Waals surface area contributed by atoms with Crippen LogP contribution >= 0.6 is 11.6 Å². The van der Waals surface area contributed by atoms with Crippen molar-refractivity contribution in [1.82, 2.24) is 5.32 Å². The van der Waals surface area contributed by atoms with Crippen molar-refractivity contribution >= 4 is 23.2 Å². The maximum Gasteiger partial charge on any atom is 0.273 e. The molecular weight excluding hydrogens is 268 g/mol. The van der Waals surface area contributed by atoms with Gasteiger partial charge in [-0.05, 0) is 33.8 Å². The zero-order chi connectivity index (χ0) is 14.8. The Morgan fingerprint density at radius 3 is 2.53 bits per heavy atom. The lowest BCUT2D eigenvalue weighted by molar-refractivity contribution is -0.385. The highest BCUT2D eigenvalue weighted by Gasteiger charge is 2.28. The number of hydrogen-bond acceptors (Lipinski definition) is 3. The number of nitro groups is 1. The van der Waals surface area contributed by atoms with E-state index in [0.717, 1.165) is 0 Å². The molecule has 19 heavy (non-hydrogen) atoms. The van der Waals surface area contributed by atoms with E-state index in [-0.39, 0.29) is 17.0 Å². The highest BCUT2D eigenvalue weighted by molar-refractivity contribution is 6.21. The summed E-state index contributed by atoms with van der Waals surface area (Å²) in [7, 11) is 0. The summed E-state index contributed by atoms with van der Waals surface area (Å²) in [4.78, 5) is 22.5. The van der Waals surface area contributed by atoms with Gasteiger partial charge in [-0.15, -0.1) is 11.6 Å². The van der Waals surface area contributed by atoms with Crippen molar-refractivity contribution in [2.24, 2.45) is 0 Å². The molecule has 1 rings (SSSR count). The lowest BCUT2D eigenvalue weighted by Gasteiger charge is -2.29. The third-order valence-corrected chi connectivity index (χ3v) is 3.72. The molecule has 1 atom stereocenters. The number of carbonyl (C=O) groups is 1. The fraction of sp³-hybridized carbons (Fsp3) is 0.462. The first-order valence-corrected chi connectivity index (χ1v) is 6.31. The van der Waals surface area contributed by atoms with E-state index in [1.807, 2.05) is 0 Å². The summed E-state index contributed by atoms with van der Waals surface area (Å²) in [6.07, 6.45) is 0. The van der Waals surface area contributed by atoms with Crippen molar-refractivity contribution in [2.45, 2.75) is 38.6 Å². The highest BCUT2D eigenvalue weighted by atomic mass is 35.5. The van der Waals surface area contributed by atoms with Gasteiger partial charge in [0.25, 0.3) is 11.6 Å². The van der Waals surface area contributed by atoms with E-state index in [0.29, 0.717) is 11.1 Å². The zero-order valence-corrected chi connectivity index (χ0v) is 12.1. The maximum atomic E-state index is 12.2. The van der Waals surface area contributed by atoms with E-state index in [1.54, 1.807) is 33.8 Å². The molecule has 1 aromatic rings. The molecule has 0 radical (unpaired) electrons. The molecule has 0 bridgehead atoms. The van der Waals surface area contributed by atoms with Gasteiger partial charge in [0.15, 0.2) is 0 Å². The number of nitro benzene ring substituents is 1. The number of hydrogen-bond donors (Lipinski definition) is 1. The van der Waals surface area contributed by atoms with Gasteiger partial charge in [0.1, 0.15) is 0 Å².